The Morgan fingerprint density at radius 2 is 1.61 bits per heavy atom. The fourth-order valence-electron chi connectivity index (χ4n) is 2.82. The average molecular weight is 303 g/mol. The van der Waals surface area contributed by atoms with Gasteiger partial charge in [0.2, 0.25) is 0 Å². The van der Waals surface area contributed by atoms with Crippen LogP contribution < -0.4 is 0 Å². The van der Waals surface area contributed by atoms with Gasteiger partial charge in [0.25, 0.3) is 0 Å². The maximum Gasteiger partial charge on any atom is 0.128 e. The highest BCUT2D eigenvalue weighted by Crippen LogP contribution is 2.29. The molecule has 23 heavy (non-hydrogen) atoms. The summed E-state index contributed by atoms with van der Waals surface area (Å²) in [7, 11) is 0. The van der Waals surface area contributed by atoms with Gasteiger partial charge in [0.05, 0.1) is 0 Å². The molecule has 116 valence electrons. The van der Waals surface area contributed by atoms with Crippen molar-refractivity contribution in [3.63, 3.8) is 0 Å². The lowest BCUT2D eigenvalue weighted by molar-refractivity contribution is 0.251. The van der Waals surface area contributed by atoms with E-state index in [2.05, 4.69) is 42.7 Å². The number of nitrogens with zero attached hydrogens (tertiary/aromatic N) is 1. The molecule has 1 heterocycles. The molecule has 2 N–H and O–H groups in total. The van der Waals surface area contributed by atoms with Gasteiger partial charge >= 0.3 is 0 Å². The molecule has 0 bridgehead atoms. The summed E-state index contributed by atoms with van der Waals surface area (Å²) >= 11 is 0. The van der Waals surface area contributed by atoms with E-state index in [4.69, 9.17) is 10.8 Å². The quantitative estimate of drug-likeness (QED) is 0.649. The van der Waals surface area contributed by atoms with Crippen LogP contribution in [0.15, 0.2) is 55.1 Å². The van der Waals surface area contributed by atoms with Crippen LogP contribution in [0.4, 0.5) is 0 Å². The second kappa shape index (κ2) is 6.21. The van der Waals surface area contributed by atoms with Gasteiger partial charge < -0.3 is 10.3 Å². The lowest BCUT2D eigenvalue weighted by Crippen LogP contribution is -2.48. The van der Waals surface area contributed by atoms with Crippen LogP contribution >= 0.6 is 0 Å². The number of rotatable bonds is 4. The highest BCUT2D eigenvalue weighted by atomic mass is 15.2. The van der Waals surface area contributed by atoms with Gasteiger partial charge in [-0.25, -0.2) is 0 Å². The number of allylic oxidation sites excluding steroid dienone is 1. The van der Waals surface area contributed by atoms with Crippen molar-refractivity contribution in [3.8, 4) is 0 Å². The van der Waals surface area contributed by atoms with Crippen molar-refractivity contribution >= 4 is 17.6 Å². The van der Waals surface area contributed by atoms with E-state index in [-0.39, 0.29) is 0 Å². The van der Waals surface area contributed by atoms with E-state index in [9.17, 15) is 0 Å². The molecular formula is C20H21N3. The van der Waals surface area contributed by atoms with Crippen molar-refractivity contribution in [2.75, 3.05) is 13.1 Å². The molecule has 1 saturated heterocycles. The van der Waals surface area contributed by atoms with Crippen LogP contribution in [0.5, 0.6) is 0 Å². The van der Waals surface area contributed by atoms with E-state index in [0.717, 1.165) is 29.8 Å². The van der Waals surface area contributed by atoms with Crippen LogP contribution in [0.1, 0.15) is 28.2 Å². The molecular weight excluding hydrogens is 282 g/mol. The van der Waals surface area contributed by atoms with Crippen molar-refractivity contribution < 1.29 is 0 Å². The zero-order valence-corrected chi connectivity index (χ0v) is 13.3. The predicted octanol–water partition coefficient (Wildman–Crippen LogP) is 4.08. The Hall–Kier alpha value is -2.68. The summed E-state index contributed by atoms with van der Waals surface area (Å²) in [5, 5.41) is 15.6. The fraction of sp³-hybridized carbons (Fsp3) is 0.200. The number of likely N-dealkylation sites (tertiary alicyclic amines) is 1. The van der Waals surface area contributed by atoms with Gasteiger partial charge in [-0.1, -0.05) is 60.7 Å². The molecule has 2 aromatic carbocycles. The van der Waals surface area contributed by atoms with Crippen LogP contribution in [-0.4, -0.2) is 30.0 Å². The monoisotopic (exact) mass is 303 g/mol. The normalized spacial score (nSPS) is 14.2. The molecule has 3 rings (SSSR count). The first-order valence-corrected chi connectivity index (χ1v) is 7.78. The standard InChI is InChI=1S/C20H21N3/c1-14-3-5-18(6-4-14)20(22)23-12-19(13-23)17-9-7-16(8-10-17)15(2)11-21/h3-11,19,21-22H,2,12-13H2,1H3. The molecule has 1 aliphatic heterocycles. The van der Waals surface area contributed by atoms with E-state index in [1.165, 1.54) is 17.3 Å². The van der Waals surface area contributed by atoms with Crippen molar-refractivity contribution in [1.29, 1.82) is 10.8 Å². The minimum absolute atomic E-state index is 0.475. The minimum atomic E-state index is 0.475. The molecule has 0 unspecified atom stereocenters. The van der Waals surface area contributed by atoms with Gasteiger partial charge in [0.15, 0.2) is 0 Å². The zero-order chi connectivity index (χ0) is 16.4. The summed E-state index contributed by atoms with van der Waals surface area (Å²) in [6.45, 7) is 7.68. The first kappa shape index (κ1) is 15.2. The summed E-state index contributed by atoms with van der Waals surface area (Å²) in [6, 6.07) is 16.4. The molecule has 0 radical (unpaired) electrons. The second-order valence-corrected chi connectivity index (χ2v) is 6.11. The molecule has 0 spiro atoms. The molecule has 3 nitrogen and oxygen atoms in total. The topological polar surface area (TPSA) is 50.9 Å². The fourth-order valence-corrected chi connectivity index (χ4v) is 2.82. The first-order chi connectivity index (χ1) is 11.1. The molecule has 0 aliphatic carbocycles. The highest BCUT2D eigenvalue weighted by molar-refractivity contribution is 6.07. The summed E-state index contributed by atoms with van der Waals surface area (Å²) in [5.74, 6) is 1.08. The smallest absolute Gasteiger partial charge is 0.128 e. The van der Waals surface area contributed by atoms with E-state index in [0.29, 0.717) is 11.8 Å². The maximum absolute atomic E-state index is 8.31. The third-order valence-corrected chi connectivity index (χ3v) is 4.45. The zero-order valence-electron chi connectivity index (χ0n) is 13.3. The summed E-state index contributed by atoms with van der Waals surface area (Å²) in [6.07, 6.45) is 1.28. The molecule has 0 amide bonds. The second-order valence-electron chi connectivity index (χ2n) is 6.11. The van der Waals surface area contributed by atoms with E-state index in [1.807, 2.05) is 24.3 Å². The van der Waals surface area contributed by atoms with Gasteiger partial charge in [-0.05, 0) is 23.6 Å². The Balaban J connectivity index is 1.62. The number of hydrogen-bond donors (Lipinski definition) is 2. The average Bonchev–Trinajstić information content (AvgIpc) is 2.54. The Morgan fingerprint density at radius 3 is 2.17 bits per heavy atom. The third-order valence-electron chi connectivity index (χ3n) is 4.45. The number of amidine groups is 1. The third kappa shape index (κ3) is 3.09. The SMILES string of the molecule is C=C(C=N)c1ccc(C2CN(C(=N)c3ccc(C)cc3)C2)cc1. The molecule has 1 fully saturated rings. The molecule has 0 saturated carbocycles. The van der Waals surface area contributed by atoms with Crippen molar-refractivity contribution in [1.82, 2.24) is 4.90 Å². The Kier molecular flexibility index (Phi) is 4.11. The number of nitrogens with one attached hydrogen (secondary N) is 2. The van der Waals surface area contributed by atoms with Gasteiger partial charge in [-0.3, -0.25) is 5.41 Å². The van der Waals surface area contributed by atoms with Crippen LogP contribution in [0.2, 0.25) is 0 Å². The summed E-state index contributed by atoms with van der Waals surface area (Å²) in [4.78, 5) is 2.11. The van der Waals surface area contributed by atoms with Crippen molar-refractivity contribution in [3.05, 3.63) is 77.4 Å². The van der Waals surface area contributed by atoms with Crippen LogP contribution in [-0.2, 0) is 0 Å². The number of benzene rings is 2. The van der Waals surface area contributed by atoms with E-state index >= 15 is 0 Å². The highest BCUT2D eigenvalue weighted by Gasteiger charge is 2.30. The van der Waals surface area contributed by atoms with Gasteiger partial charge in [-0.2, -0.15) is 0 Å². The molecule has 0 aromatic heterocycles. The van der Waals surface area contributed by atoms with E-state index < -0.39 is 0 Å². The summed E-state index contributed by atoms with van der Waals surface area (Å²) < 4.78 is 0. The molecule has 0 atom stereocenters. The number of hydrogen-bond acceptors (Lipinski definition) is 2. The van der Waals surface area contributed by atoms with Crippen LogP contribution in [0, 0.1) is 17.7 Å². The van der Waals surface area contributed by atoms with Crippen molar-refractivity contribution in [2.45, 2.75) is 12.8 Å². The number of aryl methyl sites for hydroxylation is 1. The predicted molar refractivity (Wildman–Crippen MR) is 96.6 cm³/mol. The van der Waals surface area contributed by atoms with Crippen LogP contribution in [0.25, 0.3) is 5.57 Å². The van der Waals surface area contributed by atoms with Gasteiger partial charge in [0, 0.05) is 30.8 Å². The van der Waals surface area contributed by atoms with Crippen LogP contribution in [0.3, 0.4) is 0 Å². The Morgan fingerprint density at radius 1 is 1.04 bits per heavy atom. The molecule has 1 aliphatic rings. The lowest BCUT2D eigenvalue weighted by Gasteiger charge is -2.41. The minimum Gasteiger partial charge on any atom is -0.355 e. The van der Waals surface area contributed by atoms with Crippen molar-refractivity contribution in [2.24, 2.45) is 0 Å². The first-order valence-electron chi connectivity index (χ1n) is 7.78. The van der Waals surface area contributed by atoms with E-state index in [1.54, 1.807) is 0 Å². The Bertz CT molecular complexity index is 735. The van der Waals surface area contributed by atoms with Gasteiger partial charge in [-0.15, -0.1) is 0 Å². The molecule has 3 heteroatoms. The van der Waals surface area contributed by atoms with Gasteiger partial charge in [0.1, 0.15) is 5.84 Å². The largest absolute Gasteiger partial charge is 0.355 e. The molecule has 2 aromatic rings. The summed E-state index contributed by atoms with van der Waals surface area (Å²) in [5.41, 5.74) is 5.21. The Labute approximate surface area is 137 Å². The lowest BCUT2D eigenvalue weighted by atomic mass is 9.89. The maximum atomic E-state index is 8.31.